The first-order valence-corrected chi connectivity index (χ1v) is 10.1. The van der Waals surface area contributed by atoms with Crippen molar-refractivity contribution >= 4 is 21.6 Å². The van der Waals surface area contributed by atoms with Gasteiger partial charge in [0.05, 0.1) is 4.90 Å². The molecule has 1 amide bonds. The molecule has 0 fully saturated rings. The monoisotopic (exact) mass is 375 g/mol. The molecule has 0 aliphatic heterocycles. The van der Waals surface area contributed by atoms with E-state index in [0.717, 1.165) is 19.5 Å². The maximum absolute atomic E-state index is 12.2. The maximum atomic E-state index is 12.2. The fraction of sp³-hybridized carbons (Fsp3) is 0.316. The van der Waals surface area contributed by atoms with Gasteiger partial charge in [0.2, 0.25) is 15.9 Å². The van der Waals surface area contributed by atoms with E-state index in [0.29, 0.717) is 18.7 Å². The van der Waals surface area contributed by atoms with Crippen molar-refractivity contribution in [2.75, 3.05) is 18.4 Å². The Balaban J connectivity index is 1.87. The Morgan fingerprint density at radius 1 is 1.04 bits per heavy atom. The lowest BCUT2D eigenvalue weighted by Gasteiger charge is -2.21. The molecule has 2 aromatic rings. The van der Waals surface area contributed by atoms with E-state index in [-0.39, 0.29) is 10.8 Å². The van der Waals surface area contributed by atoms with Gasteiger partial charge < -0.3 is 5.32 Å². The minimum Gasteiger partial charge on any atom is -0.326 e. The molecule has 140 valence electrons. The lowest BCUT2D eigenvalue weighted by molar-refractivity contribution is -0.116. The van der Waals surface area contributed by atoms with Crippen molar-refractivity contribution in [3.8, 4) is 0 Å². The van der Waals surface area contributed by atoms with Crippen LogP contribution in [-0.4, -0.2) is 32.3 Å². The number of primary sulfonamides is 1. The number of amides is 1. The second kappa shape index (κ2) is 9.47. The second-order valence-corrected chi connectivity index (χ2v) is 7.69. The number of carbonyl (C=O) groups excluding carboxylic acids is 1. The van der Waals surface area contributed by atoms with Gasteiger partial charge in [0, 0.05) is 25.2 Å². The Labute approximate surface area is 155 Å². The Kier molecular flexibility index (Phi) is 7.32. The van der Waals surface area contributed by atoms with Gasteiger partial charge >= 0.3 is 0 Å². The third-order valence-electron chi connectivity index (χ3n) is 3.91. The highest BCUT2D eigenvalue weighted by Crippen LogP contribution is 2.13. The number of sulfonamides is 1. The van der Waals surface area contributed by atoms with Crippen LogP contribution in [-0.2, 0) is 21.4 Å². The lowest BCUT2D eigenvalue weighted by Crippen LogP contribution is -2.28. The Morgan fingerprint density at radius 3 is 2.27 bits per heavy atom. The zero-order valence-electron chi connectivity index (χ0n) is 14.9. The van der Waals surface area contributed by atoms with E-state index in [9.17, 15) is 13.2 Å². The summed E-state index contributed by atoms with van der Waals surface area (Å²) < 4.78 is 22.5. The van der Waals surface area contributed by atoms with Crippen molar-refractivity contribution < 1.29 is 13.2 Å². The molecule has 0 unspecified atom stereocenters. The van der Waals surface area contributed by atoms with Crippen LogP contribution >= 0.6 is 0 Å². The van der Waals surface area contributed by atoms with Crippen LogP contribution in [0.5, 0.6) is 0 Å². The highest BCUT2D eigenvalue weighted by Gasteiger charge is 2.10. The van der Waals surface area contributed by atoms with Gasteiger partial charge in [0.15, 0.2) is 0 Å². The molecule has 0 aromatic heterocycles. The summed E-state index contributed by atoms with van der Waals surface area (Å²) >= 11 is 0. The smallest absolute Gasteiger partial charge is 0.238 e. The second-order valence-electron chi connectivity index (χ2n) is 6.13. The topological polar surface area (TPSA) is 92.5 Å². The average Bonchev–Trinajstić information content (AvgIpc) is 2.60. The Hall–Kier alpha value is -2.22. The number of hydrogen-bond donors (Lipinski definition) is 2. The highest BCUT2D eigenvalue weighted by molar-refractivity contribution is 7.89. The molecule has 0 saturated carbocycles. The number of benzene rings is 2. The standard InChI is InChI=1S/C19H25N3O3S/c1-2-13-22(15-16-6-4-3-5-7-16)14-12-19(23)21-17-8-10-18(11-9-17)26(20,24)25/h3-11H,2,12-15H2,1H3,(H,21,23)(H2,20,24,25). The molecule has 0 radical (unpaired) electrons. The third-order valence-corrected chi connectivity index (χ3v) is 4.84. The van der Waals surface area contributed by atoms with Gasteiger partial charge in [-0.3, -0.25) is 9.69 Å². The highest BCUT2D eigenvalue weighted by atomic mass is 32.2. The molecule has 0 saturated heterocycles. The zero-order chi connectivity index (χ0) is 19.0. The van der Waals surface area contributed by atoms with Crippen LogP contribution in [0.25, 0.3) is 0 Å². The zero-order valence-corrected chi connectivity index (χ0v) is 15.7. The molecule has 26 heavy (non-hydrogen) atoms. The summed E-state index contributed by atoms with van der Waals surface area (Å²) in [6.45, 7) is 4.51. The fourth-order valence-corrected chi connectivity index (χ4v) is 3.15. The first-order chi connectivity index (χ1) is 12.4. The van der Waals surface area contributed by atoms with E-state index < -0.39 is 10.0 Å². The Morgan fingerprint density at radius 2 is 1.69 bits per heavy atom. The van der Waals surface area contributed by atoms with Crippen LogP contribution in [0.2, 0.25) is 0 Å². The molecule has 0 heterocycles. The molecule has 7 heteroatoms. The number of nitrogens with zero attached hydrogens (tertiary/aromatic N) is 1. The number of hydrogen-bond acceptors (Lipinski definition) is 4. The molecule has 2 rings (SSSR count). The van der Waals surface area contributed by atoms with Crippen molar-refractivity contribution in [2.45, 2.75) is 31.2 Å². The average molecular weight is 375 g/mol. The van der Waals surface area contributed by atoms with Crippen LogP contribution < -0.4 is 10.5 Å². The van der Waals surface area contributed by atoms with Gasteiger partial charge in [-0.25, -0.2) is 13.6 Å². The molecule has 0 aliphatic rings. The summed E-state index contributed by atoms with van der Waals surface area (Å²) in [6.07, 6.45) is 1.38. The molecular formula is C19H25N3O3S. The first-order valence-electron chi connectivity index (χ1n) is 8.57. The summed E-state index contributed by atoms with van der Waals surface area (Å²) in [4.78, 5) is 14.4. The number of carbonyl (C=O) groups is 1. The van der Waals surface area contributed by atoms with E-state index in [1.54, 1.807) is 0 Å². The maximum Gasteiger partial charge on any atom is 0.238 e. The third kappa shape index (κ3) is 6.59. The summed E-state index contributed by atoms with van der Waals surface area (Å²) in [5.41, 5.74) is 1.77. The molecule has 2 aromatic carbocycles. The lowest BCUT2D eigenvalue weighted by atomic mass is 10.2. The van der Waals surface area contributed by atoms with E-state index in [4.69, 9.17) is 5.14 Å². The van der Waals surface area contributed by atoms with Crippen molar-refractivity contribution in [1.82, 2.24) is 4.90 Å². The summed E-state index contributed by atoms with van der Waals surface area (Å²) in [7, 11) is -3.72. The molecule has 0 atom stereocenters. The first kappa shape index (κ1) is 20.1. The minimum atomic E-state index is -3.72. The van der Waals surface area contributed by atoms with Crippen LogP contribution in [0.15, 0.2) is 59.5 Å². The van der Waals surface area contributed by atoms with Crippen LogP contribution in [0.3, 0.4) is 0 Å². The largest absolute Gasteiger partial charge is 0.326 e. The van der Waals surface area contributed by atoms with Gasteiger partial charge in [-0.2, -0.15) is 0 Å². The van der Waals surface area contributed by atoms with E-state index >= 15 is 0 Å². The number of rotatable bonds is 9. The van der Waals surface area contributed by atoms with Crippen molar-refractivity contribution in [3.63, 3.8) is 0 Å². The SMILES string of the molecule is CCCN(CCC(=O)Nc1ccc(S(N)(=O)=O)cc1)Cc1ccccc1. The van der Waals surface area contributed by atoms with Gasteiger partial charge in [-0.1, -0.05) is 37.3 Å². The number of nitrogens with one attached hydrogen (secondary N) is 1. The van der Waals surface area contributed by atoms with E-state index in [2.05, 4.69) is 29.3 Å². The molecule has 3 N–H and O–H groups in total. The van der Waals surface area contributed by atoms with Crippen molar-refractivity contribution in [1.29, 1.82) is 0 Å². The van der Waals surface area contributed by atoms with Gasteiger partial charge in [-0.05, 0) is 42.8 Å². The number of anilines is 1. The normalized spacial score (nSPS) is 11.5. The van der Waals surface area contributed by atoms with E-state index in [1.165, 1.54) is 29.8 Å². The van der Waals surface area contributed by atoms with Crippen LogP contribution in [0.1, 0.15) is 25.3 Å². The van der Waals surface area contributed by atoms with Crippen LogP contribution in [0.4, 0.5) is 5.69 Å². The van der Waals surface area contributed by atoms with Crippen molar-refractivity contribution in [2.24, 2.45) is 5.14 Å². The molecular weight excluding hydrogens is 350 g/mol. The predicted molar refractivity (Wildman–Crippen MR) is 103 cm³/mol. The summed E-state index contributed by atoms with van der Waals surface area (Å²) in [5.74, 6) is -0.109. The molecule has 0 aliphatic carbocycles. The van der Waals surface area contributed by atoms with Gasteiger partial charge in [0.1, 0.15) is 0 Å². The summed E-state index contributed by atoms with van der Waals surface area (Å²) in [5, 5.41) is 7.84. The van der Waals surface area contributed by atoms with Gasteiger partial charge in [0.25, 0.3) is 0 Å². The fourth-order valence-electron chi connectivity index (χ4n) is 2.64. The van der Waals surface area contributed by atoms with Crippen LogP contribution in [0, 0.1) is 0 Å². The Bertz CT molecular complexity index is 806. The molecule has 6 nitrogen and oxygen atoms in total. The summed E-state index contributed by atoms with van der Waals surface area (Å²) in [6, 6.07) is 16.0. The van der Waals surface area contributed by atoms with Crippen molar-refractivity contribution in [3.05, 3.63) is 60.2 Å². The molecule has 0 bridgehead atoms. The minimum absolute atomic E-state index is 0.0208. The van der Waals surface area contributed by atoms with E-state index in [1.807, 2.05) is 18.2 Å². The quantitative estimate of drug-likeness (QED) is 0.704. The molecule has 0 spiro atoms. The predicted octanol–water partition coefficient (Wildman–Crippen LogP) is 2.57. The number of nitrogens with two attached hydrogens (primary N) is 1. The van der Waals surface area contributed by atoms with Gasteiger partial charge in [-0.15, -0.1) is 0 Å².